The van der Waals surface area contributed by atoms with Crippen LogP contribution in [0.3, 0.4) is 0 Å². The summed E-state index contributed by atoms with van der Waals surface area (Å²) in [6, 6.07) is 19.8. The number of aromatic carboxylic acids is 1. The molecule has 3 N–H and O–H groups in total. The number of benzene rings is 4. The van der Waals surface area contributed by atoms with Crippen LogP contribution >= 0.6 is 0 Å². The molecular weight excluding hydrogens is 372 g/mol. The van der Waals surface area contributed by atoms with Gasteiger partial charge in [0.1, 0.15) is 11.5 Å². The number of carboxylic acid groups (broad SMARTS) is 1. The van der Waals surface area contributed by atoms with Crippen molar-refractivity contribution in [1.82, 2.24) is 0 Å². The first-order valence-electron chi connectivity index (χ1n) is 8.64. The summed E-state index contributed by atoms with van der Waals surface area (Å²) in [7, 11) is 1.35. The lowest BCUT2D eigenvalue weighted by Crippen LogP contribution is -2.00. The molecular formula is C23H18O6. The maximum absolute atomic E-state index is 11.3. The SMILES string of the molecule is COC(=O)c1ccc2cc(O)ccc2c1.O=C(O)c1ccc2cc(O)ccc2c1. The number of aromatic hydroxyl groups is 2. The lowest BCUT2D eigenvalue weighted by Gasteiger charge is -2.02. The highest BCUT2D eigenvalue weighted by Gasteiger charge is 2.06. The third-order valence-electron chi connectivity index (χ3n) is 4.32. The van der Waals surface area contributed by atoms with Gasteiger partial charge in [0, 0.05) is 0 Å². The van der Waals surface area contributed by atoms with E-state index < -0.39 is 5.97 Å². The zero-order valence-electron chi connectivity index (χ0n) is 15.5. The van der Waals surface area contributed by atoms with E-state index in [4.69, 9.17) is 5.11 Å². The molecule has 146 valence electrons. The van der Waals surface area contributed by atoms with Crippen molar-refractivity contribution in [3.05, 3.63) is 83.9 Å². The summed E-state index contributed by atoms with van der Waals surface area (Å²) in [5.41, 5.74) is 0.763. The molecule has 0 heterocycles. The van der Waals surface area contributed by atoms with Crippen LogP contribution in [-0.4, -0.2) is 34.4 Å². The zero-order valence-corrected chi connectivity index (χ0v) is 15.5. The minimum Gasteiger partial charge on any atom is -0.508 e. The molecule has 0 saturated heterocycles. The summed E-state index contributed by atoms with van der Waals surface area (Å²) in [6.45, 7) is 0. The van der Waals surface area contributed by atoms with Gasteiger partial charge in [-0.1, -0.05) is 24.3 Å². The van der Waals surface area contributed by atoms with Crippen LogP contribution in [0.5, 0.6) is 11.5 Å². The Labute approximate surface area is 166 Å². The van der Waals surface area contributed by atoms with E-state index in [2.05, 4.69) is 4.74 Å². The van der Waals surface area contributed by atoms with Gasteiger partial charge < -0.3 is 20.1 Å². The Kier molecular flexibility index (Phi) is 5.64. The normalized spacial score (nSPS) is 10.2. The molecule has 0 aliphatic rings. The minimum absolute atomic E-state index is 0.181. The van der Waals surface area contributed by atoms with Gasteiger partial charge in [-0.3, -0.25) is 0 Å². The quantitative estimate of drug-likeness (QED) is 0.433. The molecule has 0 saturated carbocycles. The van der Waals surface area contributed by atoms with Gasteiger partial charge in [-0.05, 0) is 70.1 Å². The van der Waals surface area contributed by atoms with Gasteiger partial charge in [0.2, 0.25) is 0 Å². The largest absolute Gasteiger partial charge is 0.508 e. The predicted molar refractivity (Wildman–Crippen MR) is 110 cm³/mol. The van der Waals surface area contributed by atoms with Crippen LogP contribution in [0.4, 0.5) is 0 Å². The van der Waals surface area contributed by atoms with Crippen LogP contribution in [0.2, 0.25) is 0 Å². The number of ether oxygens (including phenoxy) is 1. The molecule has 0 atom stereocenters. The Morgan fingerprint density at radius 2 is 1.07 bits per heavy atom. The highest BCUT2D eigenvalue weighted by atomic mass is 16.5. The van der Waals surface area contributed by atoms with Gasteiger partial charge in [0.25, 0.3) is 0 Å². The number of carbonyl (C=O) groups excluding carboxylic acids is 1. The fourth-order valence-electron chi connectivity index (χ4n) is 2.84. The van der Waals surface area contributed by atoms with Crippen LogP contribution in [0.15, 0.2) is 72.8 Å². The molecule has 0 aliphatic heterocycles. The van der Waals surface area contributed by atoms with Gasteiger partial charge in [-0.15, -0.1) is 0 Å². The molecule has 4 aromatic rings. The molecule has 0 aromatic heterocycles. The second kappa shape index (κ2) is 8.31. The molecule has 0 amide bonds. The summed E-state index contributed by atoms with van der Waals surface area (Å²) < 4.78 is 4.62. The van der Waals surface area contributed by atoms with Gasteiger partial charge in [-0.2, -0.15) is 0 Å². The first-order chi connectivity index (χ1) is 13.9. The van der Waals surface area contributed by atoms with E-state index in [-0.39, 0.29) is 23.0 Å². The van der Waals surface area contributed by atoms with E-state index in [1.54, 1.807) is 60.7 Å². The molecule has 0 unspecified atom stereocenters. The average Bonchev–Trinajstić information content (AvgIpc) is 2.72. The fourth-order valence-corrected chi connectivity index (χ4v) is 2.84. The first-order valence-corrected chi connectivity index (χ1v) is 8.64. The highest BCUT2D eigenvalue weighted by Crippen LogP contribution is 2.22. The average molecular weight is 390 g/mol. The summed E-state index contributed by atoms with van der Waals surface area (Å²) in [5, 5.41) is 30.6. The predicted octanol–water partition coefficient (Wildman–Crippen LogP) is 4.58. The Hall–Kier alpha value is -4.06. The maximum Gasteiger partial charge on any atom is 0.337 e. The molecule has 4 aromatic carbocycles. The summed E-state index contributed by atoms with van der Waals surface area (Å²) in [5.74, 6) is -0.904. The Morgan fingerprint density at radius 1 is 0.655 bits per heavy atom. The fraction of sp³-hybridized carbons (Fsp3) is 0.0435. The topological polar surface area (TPSA) is 104 Å². The number of esters is 1. The summed E-state index contributed by atoms with van der Waals surface area (Å²) in [4.78, 5) is 21.9. The third-order valence-corrected chi connectivity index (χ3v) is 4.32. The van der Waals surface area contributed by atoms with Crippen molar-refractivity contribution in [2.45, 2.75) is 0 Å². The van der Waals surface area contributed by atoms with E-state index in [0.717, 1.165) is 21.5 Å². The third kappa shape index (κ3) is 4.62. The smallest absolute Gasteiger partial charge is 0.337 e. The molecule has 0 aliphatic carbocycles. The molecule has 0 bridgehead atoms. The van der Waals surface area contributed by atoms with E-state index in [1.807, 2.05) is 0 Å². The van der Waals surface area contributed by atoms with Gasteiger partial charge in [0.15, 0.2) is 0 Å². The van der Waals surface area contributed by atoms with Crippen molar-refractivity contribution in [3.63, 3.8) is 0 Å². The molecule has 0 fully saturated rings. The maximum atomic E-state index is 11.3. The van der Waals surface area contributed by atoms with Crippen LogP contribution in [0.1, 0.15) is 20.7 Å². The van der Waals surface area contributed by atoms with E-state index in [1.165, 1.54) is 19.2 Å². The van der Waals surface area contributed by atoms with Crippen LogP contribution in [0.25, 0.3) is 21.5 Å². The number of phenols is 2. The molecule has 29 heavy (non-hydrogen) atoms. The van der Waals surface area contributed by atoms with Gasteiger partial charge in [0.05, 0.1) is 18.2 Å². The number of methoxy groups -OCH3 is 1. The van der Waals surface area contributed by atoms with Crippen LogP contribution in [-0.2, 0) is 4.74 Å². The monoisotopic (exact) mass is 390 g/mol. The van der Waals surface area contributed by atoms with Gasteiger partial charge >= 0.3 is 11.9 Å². The number of carboxylic acids is 1. The van der Waals surface area contributed by atoms with Gasteiger partial charge in [-0.25, -0.2) is 9.59 Å². The Balaban J connectivity index is 0.000000166. The van der Waals surface area contributed by atoms with E-state index >= 15 is 0 Å². The lowest BCUT2D eigenvalue weighted by atomic mass is 10.1. The van der Waals surface area contributed by atoms with Crippen LogP contribution < -0.4 is 0 Å². The van der Waals surface area contributed by atoms with Crippen molar-refractivity contribution < 1.29 is 29.6 Å². The van der Waals surface area contributed by atoms with Crippen molar-refractivity contribution in [2.75, 3.05) is 7.11 Å². The van der Waals surface area contributed by atoms with E-state index in [9.17, 15) is 19.8 Å². The molecule has 0 spiro atoms. The van der Waals surface area contributed by atoms with Crippen molar-refractivity contribution in [2.24, 2.45) is 0 Å². The van der Waals surface area contributed by atoms with Crippen molar-refractivity contribution in [3.8, 4) is 11.5 Å². The molecule has 6 heteroatoms. The first kappa shape index (κ1) is 19.7. The van der Waals surface area contributed by atoms with E-state index in [0.29, 0.717) is 5.56 Å². The number of hydrogen-bond acceptors (Lipinski definition) is 5. The second-order valence-corrected chi connectivity index (χ2v) is 6.29. The molecule has 0 radical (unpaired) electrons. The standard InChI is InChI=1S/C12H10O3.C11H8O3/c1-15-12(14)10-3-2-9-7-11(13)5-4-8(9)6-10;12-10-4-3-7-5-9(11(13)14)2-1-8(7)6-10/h2-7,13H,1H3;1-6,12H,(H,13,14). The van der Waals surface area contributed by atoms with Crippen molar-refractivity contribution in [1.29, 1.82) is 0 Å². The second-order valence-electron chi connectivity index (χ2n) is 6.29. The molecule has 6 nitrogen and oxygen atoms in total. The highest BCUT2D eigenvalue weighted by molar-refractivity contribution is 5.96. The number of phenolic OH excluding ortho intramolecular Hbond substituents is 2. The Bertz CT molecular complexity index is 1210. The summed E-state index contributed by atoms with van der Waals surface area (Å²) in [6.07, 6.45) is 0. The zero-order chi connectivity index (χ0) is 21.0. The lowest BCUT2D eigenvalue weighted by molar-refractivity contribution is 0.0600. The number of hydrogen-bond donors (Lipinski definition) is 3. The van der Waals surface area contributed by atoms with Crippen molar-refractivity contribution >= 4 is 33.5 Å². The minimum atomic E-state index is -0.944. The van der Waals surface area contributed by atoms with Crippen LogP contribution in [0, 0.1) is 0 Å². The number of fused-ring (bicyclic) bond motifs is 2. The summed E-state index contributed by atoms with van der Waals surface area (Å²) >= 11 is 0. The number of carbonyl (C=O) groups is 2. The number of rotatable bonds is 2. The molecule has 4 rings (SSSR count). The Morgan fingerprint density at radius 3 is 1.55 bits per heavy atom.